The molecule has 5 heteroatoms. The van der Waals surface area contributed by atoms with Crippen LogP contribution in [0, 0.1) is 0 Å². The van der Waals surface area contributed by atoms with Gasteiger partial charge in [0.1, 0.15) is 5.82 Å². The normalized spacial score (nSPS) is 14.0. The molecule has 1 aliphatic rings. The topological polar surface area (TPSA) is 42.7 Å². The van der Waals surface area contributed by atoms with E-state index in [1.807, 2.05) is 53.5 Å². The number of hydrogen-bond donors (Lipinski definition) is 1. The van der Waals surface area contributed by atoms with E-state index in [1.165, 1.54) is 18.4 Å². The molecule has 1 N–H and O–H groups in total. The van der Waals surface area contributed by atoms with Crippen molar-refractivity contribution in [3.8, 4) is 16.9 Å². The zero-order valence-electron chi connectivity index (χ0n) is 12.7. The molecular formula is C18H17ClN4. The summed E-state index contributed by atoms with van der Waals surface area (Å²) in [4.78, 5) is 4.11. The van der Waals surface area contributed by atoms with E-state index in [-0.39, 0.29) is 0 Å². The van der Waals surface area contributed by atoms with Gasteiger partial charge in [0.15, 0.2) is 0 Å². The molecule has 0 bridgehead atoms. The first-order chi connectivity index (χ1) is 11.3. The van der Waals surface area contributed by atoms with Crippen molar-refractivity contribution in [2.75, 3.05) is 11.9 Å². The van der Waals surface area contributed by atoms with Crippen molar-refractivity contribution in [1.82, 2.24) is 14.8 Å². The lowest BCUT2D eigenvalue weighted by Gasteiger charge is -2.09. The van der Waals surface area contributed by atoms with Crippen LogP contribution in [0.4, 0.5) is 5.82 Å². The van der Waals surface area contributed by atoms with Gasteiger partial charge in [0.2, 0.25) is 0 Å². The van der Waals surface area contributed by atoms with E-state index < -0.39 is 0 Å². The van der Waals surface area contributed by atoms with Crippen molar-refractivity contribution in [3.05, 3.63) is 59.4 Å². The first-order valence-corrected chi connectivity index (χ1v) is 8.23. The fourth-order valence-corrected chi connectivity index (χ4v) is 3.14. The molecule has 0 spiro atoms. The summed E-state index contributed by atoms with van der Waals surface area (Å²) in [5, 5.41) is 9.17. The summed E-state index contributed by atoms with van der Waals surface area (Å²) in [5.41, 5.74) is 4.43. The number of anilines is 1. The fourth-order valence-electron chi connectivity index (χ4n) is 3.01. The average molecular weight is 325 g/mol. The van der Waals surface area contributed by atoms with Gasteiger partial charge in [-0.1, -0.05) is 11.6 Å². The molecule has 0 radical (unpaired) electrons. The van der Waals surface area contributed by atoms with E-state index in [0.29, 0.717) is 0 Å². The van der Waals surface area contributed by atoms with Crippen LogP contribution < -0.4 is 5.32 Å². The number of halogens is 1. The predicted octanol–water partition coefficient (Wildman–Crippen LogP) is 4.34. The van der Waals surface area contributed by atoms with Crippen LogP contribution in [0.5, 0.6) is 0 Å². The Morgan fingerprint density at radius 2 is 1.78 bits per heavy atom. The smallest absolute Gasteiger partial charge is 0.133 e. The fraction of sp³-hybridized carbons (Fsp3) is 0.222. The van der Waals surface area contributed by atoms with Crippen LogP contribution in [-0.2, 0) is 6.42 Å². The number of hydrogen-bond acceptors (Lipinski definition) is 3. The lowest BCUT2D eigenvalue weighted by atomic mass is 10.0. The highest BCUT2D eigenvalue weighted by Gasteiger charge is 2.21. The van der Waals surface area contributed by atoms with Crippen LogP contribution in [0.3, 0.4) is 0 Å². The van der Waals surface area contributed by atoms with Crippen LogP contribution >= 0.6 is 11.6 Å². The molecule has 0 fully saturated rings. The first kappa shape index (κ1) is 14.3. The molecule has 3 heterocycles. The van der Waals surface area contributed by atoms with Gasteiger partial charge in [-0.3, -0.25) is 4.98 Å². The Morgan fingerprint density at radius 1 is 1.00 bits per heavy atom. The van der Waals surface area contributed by atoms with Crippen molar-refractivity contribution in [1.29, 1.82) is 0 Å². The number of nitrogens with one attached hydrogen (secondary N) is 1. The SMILES string of the molecule is Clc1ccc(-n2nc(-c3ccncc3)c3c2NCCCC3)cc1. The Kier molecular flexibility index (Phi) is 3.75. The Bertz CT molecular complexity index is 809. The lowest BCUT2D eigenvalue weighted by molar-refractivity contribution is 0.780. The second-order valence-corrected chi connectivity index (χ2v) is 6.12. The largest absolute Gasteiger partial charge is 0.370 e. The number of nitrogens with zero attached hydrogens (tertiary/aromatic N) is 3. The molecule has 116 valence electrons. The third-order valence-corrected chi connectivity index (χ3v) is 4.41. The number of fused-ring (bicyclic) bond motifs is 1. The number of aromatic nitrogens is 3. The van der Waals surface area contributed by atoms with Crippen LogP contribution in [0.25, 0.3) is 16.9 Å². The van der Waals surface area contributed by atoms with E-state index in [1.54, 1.807) is 0 Å². The van der Waals surface area contributed by atoms with Crippen molar-refractivity contribution < 1.29 is 0 Å². The Labute approximate surface area is 140 Å². The molecule has 0 saturated heterocycles. The summed E-state index contributed by atoms with van der Waals surface area (Å²) in [7, 11) is 0. The number of pyridine rings is 1. The predicted molar refractivity (Wildman–Crippen MR) is 93.2 cm³/mol. The Morgan fingerprint density at radius 3 is 2.57 bits per heavy atom. The van der Waals surface area contributed by atoms with Gasteiger partial charge < -0.3 is 5.32 Å². The van der Waals surface area contributed by atoms with Gasteiger partial charge in [0.25, 0.3) is 0 Å². The molecule has 0 atom stereocenters. The Hall–Kier alpha value is -2.33. The standard InChI is InChI=1S/C18H17ClN4/c19-14-4-6-15(7-5-14)23-18-16(3-1-2-10-21-18)17(22-23)13-8-11-20-12-9-13/h4-9,11-12,21H,1-3,10H2. The third kappa shape index (κ3) is 2.70. The first-order valence-electron chi connectivity index (χ1n) is 7.85. The lowest BCUT2D eigenvalue weighted by Crippen LogP contribution is -2.07. The molecule has 1 aliphatic heterocycles. The van der Waals surface area contributed by atoms with Crippen molar-refractivity contribution in [2.45, 2.75) is 19.3 Å². The minimum absolute atomic E-state index is 0.731. The summed E-state index contributed by atoms with van der Waals surface area (Å²) in [6.07, 6.45) is 7.00. The summed E-state index contributed by atoms with van der Waals surface area (Å²) in [6.45, 7) is 0.974. The zero-order chi connectivity index (χ0) is 15.6. The summed E-state index contributed by atoms with van der Waals surface area (Å²) in [5.74, 6) is 1.09. The maximum atomic E-state index is 6.02. The molecule has 0 aliphatic carbocycles. The number of rotatable bonds is 2. The molecule has 3 aromatic rings. The quantitative estimate of drug-likeness (QED) is 0.762. The van der Waals surface area contributed by atoms with E-state index >= 15 is 0 Å². The minimum atomic E-state index is 0.731. The molecule has 4 nitrogen and oxygen atoms in total. The van der Waals surface area contributed by atoms with Gasteiger partial charge in [-0.15, -0.1) is 0 Å². The zero-order valence-corrected chi connectivity index (χ0v) is 13.4. The van der Waals surface area contributed by atoms with Gasteiger partial charge in [-0.2, -0.15) is 5.10 Å². The van der Waals surface area contributed by atoms with Gasteiger partial charge in [0.05, 0.1) is 11.4 Å². The summed E-state index contributed by atoms with van der Waals surface area (Å²) < 4.78 is 1.99. The molecule has 1 aromatic carbocycles. The van der Waals surface area contributed by atoms with E-state index in [2.05, 4.69) is 10.3 Å². The maximum absolute atomic E-state index is 6.02. The molecule has 2 aromatic heterocycles. The average Bonchev–Trinajstić information content (AvgIpc) is 2.78. The second-order valence-electron chi connectivity index (χ2n) is 5.68. The second kappa shape index (κ2) is 6.05. The molecule has 0 unspecified atom stereocenters. The van der Waals surface area contributed by atoms with Crippen molar-refractivity contribution in [2.24, 2.45) is 0 Å². The molecule has 4 rings (SSSR count). The van der Waals surface area contributed by atoms with Crippen LogP contribution in [0.1, 0.15) is 18.4 Å². The van der Waals surface area contributed by atoms with E-state index in [9.17, 15) is 0 Å². The highest BCUT2D eigenvalue weighted by molar-refractivity contribution is 6.30. The molecule has 0 saturated carbocycles. The van der Waals surface area contributed by atoms with Crippen LogP contribution in [0.15, 0.2) is 48.8 Å². The van der Waals surface area contributed by atoms with Gasteiger partial charge >= 0.3 is 0 Å². The summed E-state index contributed by atoms with van der Waals surface area (Å²) in [6, 6.07) is 11.8. The molecular weight excluding hydrogens is 308 g/mol. The summed E-state index contributed by atoms with van der Waals surface area (Å²) >= 11 is 6.02. The molecule has 23 heavy (non-hydrogen) atoms. The van der Waals surface area contributed by atoms with Gasteiger partial charge in [-0.25, -0.2) is 4.68 Å². The van der Waals surface area contributed by atoms with Crippen molar-refractivity contribution in [3.63, 3.8) is 0 Å². The van der Waals surface area contributed by atoms with E-state index in [0.717, 1.165) is 40.8 Å². The maximum Gasteiger partial charge on any atom is 0.133 e. The highest BCUT2D eigenvalue weighted by Crippen LogP contribution is 2.33. The third-order valence-electron chi connectivity index (χ3n) is 4.15. The van der Waals surface area contributed by atoms with Crippen LogP contribution in [0.2, 0.25) is 5.02 Å². The monoisotopic (exact) mass is 324 g/mol. The highest BCUT2D eigenvalue weighted by atomic mass is 35.5. The molecule has 0 amide bonds. The number of benzene rings is 1. The van der Waals surface area contributed by atoms with Gasteiger partial charge in [0, 0.05) is 35.1 Å². The Balaban J connectivity index is 1.89. The minimum Gasteiger partial charge on any atom is -0.370 e. The van der Waals surface area contributed by atoms with Gasteiger partial charge in [-0.05, 0) is 55.7 Å². The van der Waals surface area contributed by atoms with Crippen molar-refractivity contribution >= 4 is 17.4 Å². The van der Waals surface area contributed by atoms with E-state index in [4.69, 9.17) is 16.7 Å². The van der Waals surface area contributed by atoms with Crippen LogP contribution in [-0.4, -0.2) is 21.3 Å².